The Labute approximate surface area is 101 Å². The van der Waals surface area contributed by atoms with E-state index in [4.69, 9.17) is 5.11 Å². The molecule has 0 spiro atoms. The fourth-order valence-corrected chi connectivity index (χ4v) is 2.32. The first-order valence-electron chi connectivity index (χ1n) is 6.60. The maximum atomic E-state index is 12.0. The summed E-state index contributed by atoms with van der Waals surface area (Å²) >= 11 is 0. The first-order chi connectivity index (χ1) is 8.33. The van der Waals surface area contributed by atoms with Gasteiger partial charge in [0.1, 0.15) is 5.82 Å². The largest absolute Gasteiger partial charge is 0.396 e. The van der Waals surface area contributed by atoms with Crippen LogP contribution in [0.3, 0.4) is 0 Å². The van der Waals surface area contributed by atoms with Crippen LogP contribution in [0.4, 0.5) is 0 Å². The molecule has 1 aliphatic heterocycles. The zero-order valence-corrected chi connectivity index (χ0v) is 10.3. The number of fused-ring (bicyclic) bond motifs is 1. The van der Waals surface area contributed by atoms with Crippen molar-refractivity contribution in [3.8, 4) is 0 Å². The van der Waals surface area contributed by atoms with E-state index in [0.717, 1.165) is 57.3 Å². The highest BCUT2D eigenvalue weighted by atomic mass is 16.2. The average Bonchev–Trinajstić information content (AvgIpc) is 2.67. The number of hydrogen-bond acceptors (Lipinski definition) is 3. The quantitative estimate of drug-likeness (QED) is 0.751. The molecule has 96 valence electrons. The van der Waals surface area contributed by atoms with E-state index in [2.05, 4.69) is 5.10 Å². The van der Waals surface area contributed by atoms with Crippen molar-refractivity contribution in [2.75, 3.05) is 6.61 Å². The first kappa shape index (κ1) is 12.4. The van der Waals surface area contributed by atoms with E-state index in [1.807, 2.05) is 4.57 Å². The van der Waals surface area contributed by atoms with Crippen molar-refractivity contribution < 1.29 is 5.11 Å². The molecule has 1 N–H and O–H groups in total. The second-order valence-electron chi connectivity index (χ2n) is 4.67. The van der Waals surface area contributed by atoms with E-state index in [-0.39, 0.29) is 12.3 Å². The van der Waals surface area contributed by atoms with E-state index >= 15 is 0 Å². The van der Waals surface area contributed by atoms with Gasteiger partial charge in [0.15, 0.2) is 0 Å². The minimum atomic E-state index is 0.0573. The number of hydrogen-bond donors (Lipinski definition) is 1. The molecule has 5 nitrogen and oxygen atoms in total. The highest BCUT2D eigenvalue weighted by Crippen LogP contribution is 2.09. The fourth-order valence-electron chi connectivity index (χ4n) is 2.32. The van der Waals surface area contributed by atoms with Gasteiger partial charge < -0.3 is 5.11 Å². The van der Waals surface area contributed by atoms with Crippen LogP contribution in [0.25, 0.3) is 0 Å². The molecular weight excluding hydrogens is 218 g/mol. The molecule has 1 aromatic heterocycles. The number of aromatic nitrogens is 3. The highest BCUT2D eigenvalue weighted by molar-refractivity contribution is 4.91. The van der Waals surface area contributed by atoms with Crippen LogP contribution in [0.5, 0.6) is 0 Å². The van der Waals surface area contributed by atoms with Crippen molar-refractivity contribution in [2.45, 2.75) is 58.0 Å². The second-order valence-corrected chi connectivity index (χ2v) is 4.67. The molecule has 0 aromatic carbocycles. The summed E-state index contributed by atoms with van der Waals surface area (Å²) in [7, 11) is 0. The lowest BCUT2D eigenvalue weighted by atomic mass is 10.2. The molecule has 5 heteroatoms. The van der Waals surface area contributed by atoms with Crippen LogP contribution in [-0.4, -0.2) is 26.1 Å². The SMILES string of the molecule is O=c1n(CCCCCCO)nc2n1CCCC2. The fraction of sp³-hybridized carbons (Fsp3) is 0.833. The van der Waals surface area contributed by atoms with Gasteiger partial charge >= 0.3 is 5.69 Å². The zero-order chi connectivity index (χ0) is 12.1. The third-order valence-electron chi connectivity index (χ3n) is 3.31. The number of aliphatic hydroxyl groups excluding tert-OH is 1. The first-order valence-corrected chi connectivity index (χ1v) is 6.60. The van der Waals surface area contributed by atoms with Gasteiger partial charge in [-0.25, -0.2) is 9.48 Å². The molecule has 0 atom stereocenters. The van der Waals surface area contributed by atoms with Crippen molar-refractivity contribution in [1.29, 1.82) is 0 Å². The summed E-state index contributed by atoms with van der Waals surface area (Å²) in [6, 6.07) is 0. The van der Waals surface area contributed by atoms with Crippen LogP contribution in [0.1, 0.15) is 44.3 Å². The van der Waals surface area contributed by atoms with Crippen LogP contribution in [0, 0.1) is 0 Å². The monoisotopic (exact) mass is 239 g/mol. The number of unbranched alkanes of at least 4 members (excludes halogenated alkanes) is 3. The Balaban J connectivity index is 1.88. The summed E-state index contributed by atoms with van der Waals surface area (Å²) in [5, 5.41) is 13.1. The molecule has 0 saturated heterocycles. The summed E-state index contributed by atoms with van der Waals surface area (Å²) in [6.07, 6.45) is 7.08. The molecular formula is C12H21N3O2. The summed E-state index contributed by atoms with van der Waals surface area (Å²) in [5.74, 6) is 0.955. The predicted octanol–water partition coefficient (Wildman–Crippen LogP) is 0.934. The normalized spacial score (nSPS) is 14.9. The molecule has 1 aliphatic rings. The number of rotatable bonds is 6. The summed E-state index contributed by atoms with van der Waals surface area (Å²) in [5.41, 5.74) is 0.0573. The lowest BCUT2D eigenvalue weighted by Gasteiger charge is -2.09. The Bertz CT molecular complexity index is 408. The van der Waals surface area contributed by atoms with Gasteiger partial charge in [-0.2, -0.15) is 5.10 Å². The molecule has 0 saturated carbocycles. The third kappa shape index (κ3) is 2.97. The van der Waals surface area contributed by atoms with E-state index in [1.54, 1.807) is 4.68 Å². The Morgan fingerprint density at radius 2 is 2.00 bits per heavy atom. The molecule has 0 fully saturated rings. The summed E-state index contributed by atoms with van der Waals surface area (Å²) in [4.78, 5) is 12.0. The minimum Gasteiger partial charge on any atom is -0.396 e. The zero-order valence-electron chi connectivity index (χ0n) is 10.3. The van der Waals surface area contributed by atoms with Crippen LogP contribution in [0.15, 0.2) is 4.79 Å². The highest BCUT2D eigenvalue weighted by Gasteiger charge is 2.15. The topological polar surface area (TPSA) is 60.1 Å². The lowest BCUT2D eigenvalue weighted by Crippen LogP contribution is -2.27. The van der Waals surface area contributed by atoms with Gasteiger partial charge in [0.2, 0.25) is 0 Å². The van der Waals surface area contributed by atoms with Crippen LogP contribution in [0.2, 0.25) is 0 Å². The number of nitrogens with zero attached hydrogens (tertiary/aromatic N) is 3. The Kier molecular flexibility index (Phi) is 4.36. The third-order valence-corrected chi connectivity index (χ3v) is 3.31. The van der Waals surface area contributed by atoms with Gasteiger partial charge in [0.05, 0.1) is 0 Å². The molecule has 0 unspecified atom stereocenters. The van der Waals surface area contributed by atoms with Gasteiger partial charge in [-0.3, -0.25) is 4.57 Å². The number of aryl methyl sites for hydroxylation is 2. The smallest absolute Gasteiger partial charge is 0.345 e. The minimum absolute atomic E-state index is 0.0573. The van der Waals surface area contributed by atoms with Crippen molar-refractivity contribution in [1.82, 2.24) is 14.3 Å². The maximum Gasteiger partial charge on any atom is 0.345 e. The molecule has 1 aromatic rings. The summed E-state index contributed by atoms with van der Waals surface area (Å²) < 4.78 is 3.43. The van der Waals surface area contributed by atoms with Gasteiger partial charge in [0, 0.05) is 26.1 Å². The average molecular weight is 239 g/mol. The number of aliphatic hydroxyl groups is 1. The van der Waals surface area contributed by atoms with E-state index in [1.165, 1.54) is 0 Å². The van der Waals surface area contributed by atoms with Gasteiger partial charge in [-0.05, 0) is 25.7 Å². The van der Waals surface area contributed by atoms with Crippen LogP contribution < -0.4 is 5.69 Å². The van der Waals surface area contributed by atoms with E-state index < -0.39 is 0 Å². The van der Waals surface area contributed by atoms with Gasteiger partial charge in [-0.1, -0.05) is 12.8 Å². The van der Waals surface area contributed by atoms with Gasteiger partial charge in [0.25, 0.3) is 0 Å². The lowest BCUT2D eigenvalue weighted by molar-refractivity contribution is 0.282. The molecule has 17 heavy (non-hydrogen) atoms. The van der Waals surface area contributed by atoms with Crippen molar-refractivity contribution in [3.05, 3.63) is 16.3 Å². The van der Waals surface area contributed by atoms with E-state index in [0.29, 0.717) is 6.54 Å². The van der Waals surface area contributed by atoms with Crippen molar-refractivity contribution in [3.63, 3.8) is 0 Å². The van der Waals surface area contributed by atoms with Crippen LogP contribution >= 0.6 is 0 Å². The Morgan fingerprint density at radius 3 is 2.76 bits per heavy atom. The maximum absolute atomic E-state index is 12.0. The molecule has 2 rings (SSSR count). The molecule has 0 radical (unpaired) electrons. The molecule has 0 bridgehead atoms. The Hall–Kier alpha value is -1.10. The standard InChI is InChI=1S/C12H21N3O2/c16-10-6-2-1-4-9-15-12(17)14-8-5-3-7-11(14)13-15/h16H,1-10H2. The molecule has 0 amide bonds. The Morgan fingerprint density at radius 1 is 1.18 bits per heavy atom. The van der Waals surface area contributed by atoms with Crippen LogP contribution in [-0.2, 0) is 19.5 Å². The van der Waals surface area contributed by atoms with Gasteiger partial charge in [-0.15, -0.1) is 0 Å². The second kappa shape index (κ2) is 6.00. The van der Waals surface area contributed by atoms with Crippen molar-refractivity contribution in [2.24, 2.45) is 0 Å². The molecule has 0 aliphatic carbocycles. The summed E-state index contributed by atoms with van der Waals surface area (Å²) in [6.45, 7) is 1.81. The van der Waals surface area contributed by atoms with Crippen molar-refractivity contribution >= 4 is 0 Å². The predicted molar refractivity (Wildman–Crippen MR) is 65.0 cm³/mol. The molecule has 2 heterocycles. The van der Waals surface area contributed by atoms with E-state index in [9.17, 15) is 4.79 Å².